The molecule has 0 saturated carbocycles. The fraction of sp³-hybridized carbons (Fsp3) is 0.462. The van der Waals surface area contributed by atoms with Gasteiger partial charge in [0.15, 0.2) is 0 Å². The standard InChI is InChI=1S/C26H33NO3S.ClH/c1-3-18(2)16-25-26(23-12-7-20(28)17-24(23)31-25)30-22-10-8-21(9-11-22)29-15-13-19-6-4-5-14-27-19;/h7-12,17-19,27-28H,3-6,13-16H2,1-2H3;1H. The van der Waals surface area contributed by atoms with Crippen molar-refractivity contribution < 1.29 is 14.6 Å². The van der Waals surface area contributed by atoms with Crippen molar-refractivity contribution in [2.75, 3.05) is 13.2 Å². The lowest BCUT2D eigenvalue weighted by Gasteiger charge is -2.23. The van der Waals surface area contributed by atoms with E-state index >= 15 is 0 Å². The van der Waals surface area contributed by atoms with Crippen LogP contribution in [0.15, 0.2) is 42.5 Å². The third kappa shape index (κ3) is 6.31. The maximum Gasteiger partial charge on any atom is 0.149 e. The lowest BCUT2D eigenvalue weighted by atomic mass is 10.0. The quantitative estimate of drug-likeness (QED) is 0.340. The highest BCUT2D eigenvalue weighted by Crippen LogP contribution is 2.43. The number of fused-ring (bicyclic) bond motifs is 1. The third-order valence-corrected chi connectivity index (χ3v) is 7.27. The van der Waals surface area contributed by atoms with Crippen LogP contribution in [-0.4, -0.2) is 24.3 Å². The number of hydrogen-bond acceptors (Lipinski definition) is 5. The molecule has 0 spiro atoms. The number of ether oxygens (including phenoxy) is 2. The summed E-state index contributed by atoms with van der Waals surface area (Å²) in [5.74, 6) is 3.47. The average Bonchev–Trinajstić information content (AvgIpc) is 3.11. The Morgan fingerprint density at radius 1 is 1.12 bits per heavy atom. The Kier molecular flexibility index (Phi) is 9.09. The summed E-state index contributed by atoms with van der Waals surface area (Å²) in [5, 5.41) is 14.5. The molecular weight excluding hydrogens is 442 g/mol. The number of aromatic hydroxyl groups is 1. The van der Waals surface area contributed by atoms with Gasteiger partial charge in [0, 0.05) is 21.0 Å². The third-order valence-electron chi connectivity index (χ3n) is 6.12. The minimum atomic E-state index is 0. The van der Waals surface area contributed by atoms with E-state index in [0.29, 0.717) is 17.7 Å². The number of halogens is 1. The lowest BCUT2D eigenvalue weighted by Crippen LogP contribution is -2.35. The predicted octanol–water partition coefficient (Wildman–Crippen LogP) is 7.32. The second-order valence-corrected chi connectivity index (χ2v) is 9.75. The summed E-state index contributed by atoms with van der Waals surface area (Å²) >= 11 is 1.71. The maximum absolute atomic E-state index is 9.88. The number of hydrogen-bond donors (Lipinski definition) is 2. The largest absolute Gasteiger partial charge is 0.508 e. The SMILES string of the molecule is CCC(C)Cc1sc2cc(O)ccc2c1Oc1ccc(OCCC2CCCCN2)cc1.Cl. The fourth-order valence-electron chi connectivity index (χ4n) is 4.03. The first kappa shape index (κ1) is 24.7. The first-order chi connectivity index (χ1) is 15.1. The molecule has 2 heterocycles. The maximum atomic E-state index is 9.88. The number of rotatable bonds is 9. The van der Waals surface area contributed by atoms with Gasteiger partial charge in [-0.3, -0.25) is 0 Å². The minimum absolute atomic E-state index is 0. The number of benzene rings is 2. The highest BCUT2D eigenvalue weighted by Gasteiger charge is 2.17. The Morgan fingerprint density at radius 3 is 2.62 bits per heavy atom. The van der Waals surface area contributed by atoms with Crippen LogP contribution in [0.4, 0.5) is 0 Å². The molecule has 0 radical (unpaired) electrons. The molecule has 3 aromatic rings. The summed E-state index contributed by atoms with van der Waals surface area (Å²) in [5.41, 5.74) is 0. The first-order valence-corrected chi connectivity index (χ1v) is 12.3. The van der Waals surface area contributed by atoms with E-state index in [0.717, 1.165) is 59.7 Å². The molecular formula is C26H34ClNO3S. The van der Waals surface area contributed by atoms with Gasteiger partial charge in [-0.15, -0.1) is 23.7 Å². The lowest BCUT2D eigenvalue weighted by molar-refractivity contribution is 0.268. The van der Waals surface area contributed by atoms with Gasteiger partial charge in [-0.05, 0) is 80.6 Å². The molecule has 1 aliphatic heterocycles. The average molecular weight is 476 g/mol. The molecule has 2 N–H and O–H groups in total. The van der Waals surface area contributed by atoms with Crippen LogP contribution in [0.2, 0.25) is 0 Å². The Bertz CT molecular complexity index is 983. The topological polar surface area (TPSA) is 50.7 Å². The molecule has 2 unspecified atom stereocenters. The molecule has 4 nitrogen and oxygen atoms in total. The molecule has 2 aromatic carbocycles. The molecule has 0 bridgehead atoms. The Balaban J connectivity index is 0.00000289. The number of piperidine rings is 1. The molecule has 2 atom stereocenters. The molecule has 0 aliphatic carbocycles. The molecule has 4 rings (SSSR count). The molecule has 6 heteroatoms. The summed E-state index contributed by atoms with van der Waals surface area (Å²) in [6, 6.07) is 14.0. The van der Waals surface area contributed by atoms with Crippen LogP contribution in [0.25, 0.3) is 10.1 Å². The molecule has 32 heavy (non-hydrogen) atoms. The van der Waals surface area contributed by atoms with Crippen molar-refractivity contribution in [3.05, 3.63) is 47.3 Å². The van der Waals surface area contributed by atoms with Gasteiger partial charge in [-0.25, -0.2) is 0 Å². The van der Waals surface area contributed by atoms with E-state index in [2.05, 4.69) is 19.2 Å². The summed E-state index contributed by atoms with van der Waals surface area (Å²) in [4.78, 5) is 1.23. The van der Waals surface area contributed by atoms with Gasteiger partial charge in [0.05, 0.1) is 6.61 Å². The van der Waals surface area contributed by atoms with E-state index in [-0.39, 0.29) is 12.4 Å². The fourth-order valence-corrected chi connectivity index (χ4v) is 5.36. The van der Waals surface area contributed by atoms with E-state index in [4.69, 9.17) is 9.47 Å². The van der Waals surface area contributed by atoms with Gasteiger partial charge >= 0.3 is 0 Å². The molecule has 1 saturated heterocycles. The van der Waals surface area contributed by atoms with E-state index in [1.54, 1.807) is 17.4 Å². The van der Waals surface area contributed by atoms with Gasteiger partial charge in [-0.1, -0.05) is 26.7 Å². The van der Waals surface area contributed by atoms with E-state index in [1.807, 2.05) is 36.4 Å². The smallest absolute Gasteiger partial charge is 0.149 e. The van der Waals surface area contributed by atoms with Crippen LogP contribution in [0.5, 0.6) is 23.0 Å². The zero-order valence-corrected chi connectivity index (χ0v) is 20.6. The van der Waals surface area contributed by atoms with Gasteiger partial charge < -0.3 is 19.9 Å². The number of phenolic OH excluding ortho intramolecular Hbond substituents is 1. The van der Waals surface area contributed by atoms with Crippen molar-refractivity contribution in [1.82, 2.24) is 5.32 Å². The summed E-state index contributed by atoms with van der Waals surface area (Å²) in [6.45, 7) is 6.34. The predicted molar refractivity (Wildman–Crippen MR) is 136 cm³/mol. The molecule has 1 fully saturated rings. The van der Waals surface area contributed by atoms with Crippen molar-refractivity contribution >= 4 is 33.8 Å². The summed E-state index contributed by atoms with van der Waals surface area (Å²) in [7, 11) is 0. The molecule has 1 aliphatic rings. The zero-order chi connectivity index (χ0) is 21.6. The zero-order valence-electron chi connectivity index (χ0n) is 18.9. The van der Waals surface area contributed by atoms with Crippen LogP contribution >= 0.6 is 23.7 Å². The van der Waals surface area contributed by atoms with Gasteiger partial charge in [-0.2, -0.15) is 0 Å². The van der Waals surface area contributed by atoms with E-state index < -0.39 is 0 Å². The van der Waals surface area contributed by atoms with Crippen LogP contribution in [0.3, 0.4) is 0 Å². The Labute approximate surface area is 201 Å². The van der Waals surface area contributed by atoms with Gasteiger partial charge in [0.25, 0.3) is 0 Å². The first-order valence-electron chi connectivity index (χ1n) is 11.5. The van der Waals surface area contributed by atoms with Crippen molar-refractivity contribution in [1.29, 1.82) is 0 Å². The second kappa shape index (κ2) is 11.8. The molecule has 1 aromatic heterocycles. The number of nitrogens with one attached hydrogen (secondary N) is 1. The van der Waals surface area contributed by atoms with Crippen LogP contribution < -0.4 is 14.8 Å². The van der Waals surface area contributed by atoms with E-state index in [1.165, 1.54) is 24.1 Å². The Hall–Kier alpha value is -1.95. The van der Waals surface area contributed by atoms with Crippen LogP contribution in [-0.2, 0) is 6.42 Å². The normalized spacial score (nSPS) is 17.0. The monoisotopic (exact) mass is 475 g/mol. The van der Waals surface area contributed by atoms with Gasteiger partial charge in [0.2, 0.25) is 0 Å². The number of thiophene rings is 1. The van der Waals surface area contributed by atoms with E-state index in [9.17, 15) is 5.11 Å². The summed E-state index contributed by atoms with van der Waals surface area (Å²) in [6.07, 6.45) is 7.01. The Morgan fingerprint density at radius 2 is 1.91 bits per heavy atom. The highest BCUT2D eigenvalue weighted by atomic mass is 35.5. The van der Waals surface area contributed by atoms with Crippen molar-refractivity contribution in [2.45, 2.75) is 58.4 Å². The van der Waals surface area contributed by atoms with Crippen molar-refractivity contribution in [2.24, 2.45) is 5.92 Å². The van der Waals surface area contributed by atoms with Gasteiger partial charge in [0.1, 0.15) is 23.0 Å². The second-order valence-electron chi connectivity index (χ2n) is 8.61. The van der Waals surface area contributed by atoms with Crippen LogP contribution in [0, 0.1) is 5.92 Å². The van der Waals surface area contributed by atoms with Crippen molar-refractivity contribution in [3.63, 3.8) is 0 Å². The molecule has 0 amide bonds. The minimum Gasteiger partial charge on any atom is -0.508 e. The number of phenols is 1. The highest BCUT2D eigenvalue weighted by molar-refractivity contribution is 7.19. The molecule has 174 valence electrons. The van der Waals surface area contributed by atoms with Crippen molar-refractivity contribution in [3.8, 4) is 23.0 Å². The van der Waals surface area contributed by atoms with Crippen LogP contribution in [0.1, 0.15) is 50.8 Å². The summed E-state index contributed by atoms with van der Waals surface area (Å²) < 4.78 is 13.4.